The molecule has 0 bridgehead atoms. The lowest BCUT2D eigenvalue weighted by Gasteiger charge is -2.17. The average Bonchev–Trinajstić information content (AvgIpc) is 2.97. The number of benzene rings is 1. The fourth-order valence-corrected chi connectivity index (χ4v) is 3.61. The highest BCUT2D eigenvalue weighted by atomic mass is 32.1. The molecule has 2 aromatic rings. The second kappa shape index (κ2) is 8.97. The van der Waals surface area contributed by atoms with E-state index in [1.807, 2.05) is 44.2 Å². The van der Waals surface area contributed by atoms with Crippen molar-refractivity contribution in [2.24, 2.45) is 0 Å². The van der Waals surface area contributed by atoms with Crippen molar-refractivity contribution in [3.05, 3.63) is 58.0 Å². The molecule has 0 fully saturated rings. The van der Waals surface area contributed by atoms with Crippen LogP contribution in [0.1, 0.15) is 40.2 Å². The number of nitrogens with one attached hydrogen (secondary N) is 1. The smallest absolute Gasteiger partial charge is 0.264 e. The predicted molar refractivity (Wildman–Crippen MR) is 105 cm³/mol. The van der Waals surface area contributed by atoms with Gasteiger partial charge in [0.15, 0.2) is 0 Å². The molecule has 2 rings (SSSR count). The van der Waals surface area contributed by atoms with Crippen LogP contribution in [0, 0.1) is 18.3 Å². The Morgan fingerprint density at radius 1 is 1.23 bits per heavy atom. The van der Waals surface area contributed by atoms with Gasteiger partial charge in [-0.2, -0.15) is 5.26 Å². The van der Waals surface area contributed by atoms with Crippen LogP contribution in [0.2, 0.25) is 0 Å². The first-order valence-corrected chi connectivity index (χ1v) is 9.20. The molecule has 1 aromatic carbocycles. The molecule has 1 aromatic heterocycles. The number of amides is 2. The minimum absolute atomic E-state index is 0.116. The number of hydrogen-bond donors (Lipinski definition) is 1. The quantitative estimate of drug-likeness (QED) is 0.783. The summed E-state index contributed by atoms with van der Waals surface area (Å²) < 4.78 is 0. The molecule has 0 aliphatic carbocycles. The number of nitrogens with zero attached hydrogens (tertiary/aromatic N) is 2. The summed E-state index contributed by atoms with van der Waals surface area (Å²) in [5, 5.41) is 12.6. The van der Waals surface area contributed by atoms with Crippen molar-refractivity contribution in [3.63, 3.8) is 0 Å². The SMILES string of the molecule is CCN(CC)C(=O)c1sc(NC(=O)C=Cc2ccccc2)c(C#N)c1C. The first-order chi connectivity index (χ1) is 12.5. The van der Waals surface area contributed by atoms with Crippen LogP contribution in [0.3, 0.4) is 0 Å². The van der Waals surface area contributed by atoms with Crippen LogP contribution in [0.15, 0.2) is 36.4 Å². The summed E-state index contributed by atoms with van der Waals surface area (Å²) in [6, 6.07) is 11.6. The third-order valence-corrected chi connectivity index (χ3v) is 5.16. The molecule has 0 atom stereocenters. The molecule has 2 amide bonds. The fraction of sp³-hybridized carbons (Fsp3) is 0.250. The van der Waals surface area contributed by atoms with Crippen LogP contribution < -0.4 is 5.32 Å². The summed E-state index contributed by atoms with van der Waals surface area (Å²) in [7, 11) is 0. The molecule has 0 saturated carbocycles. The van der Waals surface area contributed by atoms with Gasteiger partial charge in [-0.25, -0.2) is 0 Å². The molecule has 0 saturated heterocycles. The third-order valence-electron chi connectivity index (χ3n) is 3.97. The van der Waals surface area contributed by atoms with Crippen molar-refractivity contribution >= 4 is 34.2 Å². The first-order valence-electron chi connectivity index (χ1n) is 8.38. The molecule has 134 valence electrons. The summed E-state index contributed by atoms with van der Waals surface area (Å²) >= 11 is 1.15. The summed E-state index contributed by atoms with van der Waals surface area (Å²) in [6.45, 7) is 6.74. The van der Waals surface area contributed by atoms with Gasteiger partial charge in [0, 0.05) is 19.2 Å². The first kappa shape index (κ1) is 19.4. The van der Waals surface area contributed by atoms with E-state index >= 15 is 0 Å². The van der Waals surface area contributed by atoms with E-state index < -0.39 is 0 Å². The van der Waals surface area contributed by atoms with Gasteiger partial charge in [0.1, 0.15) is 11.1 Å². The Bertz CT molecular complexity index is 859. The van der Waals surface area contributed by atoms with E-state index in [-0.39, 0.29) is 11.8 Å². The van der Waals surface area contributed by atoms with E-state index in [1.54, 1.807) is 17.9 Å². The van der Waals surface area contributed by atoms with Gasteiger partial charge in [-0.05, 0) is 38.0 Å². The maximum Gasteiger partial charge on any atom is 0.264 e. The van der Waals surface area contributed by atoms with E-state index in [1.165, 1.54) is 6.08 Å². The monoisotopic (exact) mass is 367 g/mol. The summed E-state index contributed by atoms with van der Waals surface area (Å²) in [4.78, 5) is 27.0. The Hall–Kier alpha value is -2.91. The summed E-state index contributed by atoms with van der Waals surface area (Å²) in [5.41, 5.74) is 1.85. The van der Waals surface area contributed by atoms with E-state index in [2.05, 4.69) is 11.4 Å². The average molecular weight is 367 g/mol. The van der Waals surface area contributed by atoms with Gasteiger partial charge < -0.3 is 10.2 Å². The van der Waals surface area contributed by atoms with Gasteiger partial charge in [0.05, 0.1) is 10.4 Å². The standard InChI is InChI=1S/C20H21N3O2S/c1-4-23(5-2)20(25)18-14(3)16(13-21)19(26-18)22-17(24)12-11-15-9-7-6-8-10-15/h6-12H,4-5H2,1-3H3,(H,22,24). The Labute approximate surface area is 157 Å². The molecule has 5 nitrogen and oxygen atoms in total. The minimum atomic E-state index is -0.339. The van der Waals surface area contributed by atoms with Crippen molar-refractivity contribution < 1.29 is 9.59 Å². The molecular formula is C20H21N3O2S. The zero-order valence-corrected chi connectivity index (χ0v) is 15.9. The second-order valence-electron chi connectivity index (χ2n) is 5.58. The highest BCUT2D eigenvalue weighted by molar-refractivity contribution is 7.18. The predicted octanol–water partition coefficient (Wildman–Crippen LogP) is 4.06. The third kappa shape index (κ3) is 4.38. The largest absolute Gasteiger partial charge is 0.338 e. The number of hydrogen-bond acceptors (Lipinski definition) is 4. The van der Waals surface area contributed by atoms with Crippen LogP contribution in [-0.4, -0.2) is 29.8 Å². The van der Waals surface area contributed by atoms with Crippen molar-refractivity contribution in [2.75, 3.05) is 18.4 Å². The Morgan fingerprint density at radius 3 is 2.46 bits per heavy atom. The van der Waals surface area contributed by atoms with E-state index in [0.717, 1.165) is 16.9 Å². The molecule has 0 unspecified atom stereocenters. The zero-order valence-electron chi connectivity index (χ0n) is 15.1. The maximum absolute atomic E-state index is 12.6. The zero-order chi connectivity index (χ0) is 19.1. The number of thiophene rings is 1. The number of rotatable bonds is 6. The fourth-order valence-electron chi connectivity index (χ4n) is 2.48. The molecule has 6 heteroatoms. The highest BCUT2D eigenvalue weighted by Crippen LogP contribution is 2.33. The lowest BCUT2D eigenvalue weighted by molar-refractivity contribution is -0.111. The van der Waals surface area contributed by atoms with Crippen LogP contribution in [-0.2, 0) is 4.79 Å². The number of nitriles is 1. The van der Waals surface area contributed by atoms with Gasteiger partial charge in [0.25, 0.3) is 5.91 Å². The van der Waals surface area contributed by atoms with Gasteiger partial charge >= 0.3 is 0 Å². The van der Waals surface area contributed by atoms with Crippen LogP contribution in [0.4, 0.5) is 5.00 Å². The Balaban J connectivity index is 2.23. The molecule has 0 spiro atoms. The van der Waals surface area contributed by atoms with Gasteiger partial charge in [-0.3, -0.25) is 9.59 Å². The molecule has 0 radical (unpaired) electrons. The van der Waals surface area contributed by atoms with Crippen molar-refractivity contribution in [1.29, 1.82) is 5.26 Å². The molecule has 0 aliphatic heterocycles. The lowest BCUT2D eigenvalue weighted by atomic mass is 10.1. The molecular weight excluding hydrogens is 346 g/mol. The Morgan fingerprint density at radius 2 is 1.88 bits per heavy atom. The Kier molecular flexibility index (Phi) is 6.70. The summed E-state index contributed by atoms with van der Waals surface area (Å²) in [5.74, 6) is -0.456. The highest BCUT2D eigenvalue weighted by Gasteiger charge is 2.23. The number of anilines is 1. The van der Waals surface area contributed by atoms with E-state index in [0.29, 0.717) is 34.1 Å². The molecule has 26 heavy (non-hydrogen) atoms. The van der Waals surface area contributed by atoms with Gasteiger partial charge in [-0.15, -0.1) is 11.3 Å². The molecule has 1 N–H and O–H groups in total. The van der Waals surface area contributed by atoms with E-state index in [4.69, 9.17) is 0 Å². The second-order valence-corrected chi connectivity index (χ2v) is 6.60. The van der Waals surface area contributed by atoms with E-state index in [9.17, 15) is 14.9 Å². The number of carbonyl (C=O) groups excluding carboxylic acids is 2. The summed E-state index contributed by atoms with van der Waals surface area (Å²) in [6.07, 6.45) is 3.11. The molecule has 0 aliphatic rings. The van der Waals surface area contributed by atoms with Crippen molar-refractivity contribution in [1.82, 2.24) is 4.90 Å². The van der Waals surface area contributed by atoms with Crippen molar-refractivity contribution in [3.8, 4) is 6.07 Å². The lowest BCUT2D eigenvalue weighted by Crippen LogP contribution is -2.30. The van der Waals surface area contributed by atoms with Crippen LogP contribution >= 0.6 is 11.3 Å². The van der Waals surface area contributed by atoms with Crippen LogP contribution in [0.25, 0.3) is 6.08 Å². The van der Waals surface area contributed by atoms with Crippen LogP contribution in [0.5, 0.6) is 0 Å². The van der Waals surface area contributed by atoms with Gasteiger partial charge in [-0.1, -0.05) is 30.3 Å². The van der Waals surface area contributed by atoms with Gasteiger partial charge in [0.2, 0.25) is 5.91 Å². The van der Waals surface area contributed by atoms with Crippen molar-refractivity contribution in [2.45, 2.75) is 20.8 Å². The molecule has 1 heterocycles. The normalized spacial score (nSPS) is 10.5. The topological polar surface area (TPSA) is 73.2 Å². The number of carbonyl (C=O) groups is 2. The maximum atomic E-state index is 12.6. The minimum Gasteiger partial charge on any atom is -0.338 e.